The Kier molecular flexibility index (Phi) is 5.42. The molecule has 5 rings (SSSR count). The van der Waals surface area contributed by atoms with Gasteiger partial charge in [-0.25, -0.2) is 15.0 Å². The summed E-state index contributed by atoms with van der Waals surface area (Å²) in [4.78, 5) is 33.7. The highest BCUT2D eigenvalue weighted by Gasteiger charge is 2.38. The van der Waals surface area contributed by atoms with E-state index in [1.165, 1.54) is 12.8 Å². The standard InChI is InChI=1S/C24H24N8O/c1-13(15-5-8-19(29-12-15)14-3-4-14)30-23-20(18(26)11-25)24(33)32-22(31-23)17-7-6-16(17)21-27-9-2-10-28-21/h2,5,8-10,12-14,16-17,26H,3-4,6-7H2,1H3,(H2,30,31,32,33). The average Bonchev–Trinajstić information content (AvgIpc) is 3.64. The second-order valence-electron chi connectivity index (χ2n) is 8.72. The zero-order valence-corrected chi connectivity index (χ0v) is 18.2. The van der Waals surface area contributed by atoms with Gasteiger partial charge in [0.25, 0.3) is 5.56 Å². The predicted molar refractivity (Wildman–Crippen MR) is 122 cm³/mol. The first-order chi connectivity index (χ1) is 16.0. The zero-order chi connectivity index (χ0) is 22.9. The van der Waals surface area contributed by atoms with E-state index in [0.29, 0.717) is 11.7 Å². The highest BCUT2D eigenvalue weighted by molar-refractivity contribution is 6.12. The minimum Gasteiger partial charge on any atom is -0.363 e. The van der Waals surface area contributed by atoms with Crippen molar-refractivity contribution >= 4 is 11.5 Å². The topological polar surface area (TPSA) is 144 Å². The fraction of sp³-hybridized carbons (Fsp3) is 0.375. The van der Waals surface area contributed by atoms with E-state index in [9.17, 15) is 10.1 Å². The zero-order valence-electron chi connectivity index (χ0n) is 18.2. The van der Waals surface area contributed by atoms with E-state index in [1.807, 2.05) is 25.3 Å². The number of H-pyrrole nitrogens is 1. The second kappa shape index (κ2) is 8.54. The second-order valence-corrected chi connectivity index (χ2v) is 8.72. The Morgan fingerprint density at radius 2 is 1.94 bits per heavy atom. The Balaban J connectivity index is 1.45. The van der Waals surface area contributed by atoms with Crippen molar-refractivity contribution in [3.8, 4) is 6.07 Å². The van der Waals surface area contributed by atoms with Gasteiger partial charge >= 0.3 is 0 Å². The van der Waals surface area contributed by atoms with Crippen molar-refractivity contribution in [2.24, 2.45) is 0 Å². The quantitative estimate of drug-likeness (QED) is 0.476. The van der Waals surface area contributed by atoms with E-state index >= 15 is 0 Å². The Morgan fingerprint density at radius 1 is 1.18 bits per heavy atom. The van der Waals surface area contributed by atoms with E-state index in [-0.39, 0.29) is 29.3 Å². The van der Waals surface area contributed by atoms with Crippen molar-refractivity contribution in [3.63, 3.8) is 0 Å². The first kappa shape index (κ1) is 20.9. The van der Waals surface area contributed by atoms with Crippen LogP contribution >= 0.6 is 0 Å². The van der Waals surface area contributed by atoms with Crippen molar-refractivity contribution in [1.82, 2.24) is 24.9 Å². The third-order valence-corrected chi connectivity index (χ3v) is 6.50. The summed E-state index contributed by atoms with van der Waals surface area (Å²) in [6.07, 6.45) is 9.40. The van der Waals surface area contributed by atoms with Gasteiger partial charge in [0.15, 0.2) is 0 Å². The van der Waals surface area contributed by atoms with Crippen LogP contribution in [0.25, 0.3) is 0 Å². The number of nitrogens with zero attached hydrogens (tertiary/aromatic N) is 5. The number of aromatic nitrogens is 5. The van der Waals surface area contributed by atoms with Gasteiger partial charge in [0, 0.05) is 42.0 Å². The molecule has 166 valence electrons. The molecule has 9 heteroatoms. The monoisotopic (exact) mass is 440 g/mol. The molecule has 3 heterocycles. The van der Waals surface area contributed by atoms with Crippen LogP contribution in [0.1, 0.15) is 84.9 Å². The Labute approximate surface area is 190 Å². The summed E-state index contributed by atoms with van der Waals surface area (Å²) in [5.74, 6) is 2.11. The van der Waals surface area contributed by atoms with Gasteiger partial charge in [-0.15, -0.1) is 0 Å². The number of anilines is 1. The first-order valence-corrected chi connectivity index (χ1v) is 11.2. The Morgan fingerprint density at radius 3 is 2.55 bits per heavy atom. The summed E-state index contributed by atoms with van der Waals surface area (Å²) in [7, 11) is 0. The summed E-state index contributed by atoms with van der Waals surface area (Å²) in [5, 5.41) is 20.6. The van der Waals surface area contributed by atoms with Gasteiger partial charge in [-0.1, -0.05) is 6.07 Å². The molecule has 3 aromatic rings. The van der Waals surface area contributed by atoms with E-state index < -0.39 is 11.3 Å². The van der Waals surface area contributed by atoms with E-state index in [0.717, 1.165) is 29.9 Å². The third kappa shape index (κ3) is 4.12. The maximum atomic E-state index is 12.9. The van der Waals surface area contributed by atoms with Gasteiger partial charge < -0.3 is 10.3 Å². The highest BCUT2D eigenvalue weighted by Crippen LogP contribution is 2.46. The fourth-order valence-corrected chi connectivity index (χ4v) is 4.28. The molecule has 0 radical (unpaired) electrons. The van der Waals surface area contributed by atoms with E-state index in [1.54, 1.807) is 24.5 Å². The molecule has 3 N–H and O–H groups in total. The van der Waals surface area contributed by atoms with Gasteiger partial charge in [-0.05, 0) is 50.3 Å². The number of hydrogen-bond donors (Lipinski definition) is 3. The van der Waals surface area contributed by atoms with E-state index in [4.69, 9.17) is 5.41 Å². The normalized spacial score (nSPS) is 20.4. The molecule has 0 saturated heterocycles. The molecule has 2 aliphatic carbocycles. The van der Waals surface area contributed by atoms with Crippen LogP contribution in [0.4, 0.5) is 5.82 Å². The molecule has 2 fully saturated rings. The van der Waals surface area contributed by atoms with Gasteiger partial charge in [0.1, 0.15) is 34.8 Å². The van der Waals surface area contributed by atoms with Crippen LogP contribution in [0.3, 0.4) is 0 Å². The fourth-order valence-electron chi connectivity index (χ4n) is 4.28. The lowest BCUT2D eigenvalue weighted by Gasteiger charge is -2.34. The number of nitrogens with one attached hydrogen (secondary N) is 3. The number of pyridine rings is 1. The van der Waals surface area contributed by atoms with E-state index in [2.05, 4.69) is 30.2 Å². The Bertz CT molecular complexity index is 1270. The lowest BCUT2D eigenvalue weighted by Crippen LogP contribution is -2.30. The molecule has 3 atom stereocenters. The first-order valence-electron chi connectivity index (χ1n) is 11.2. The molecule has 2 saturated carbocycles. The Hall–Kier alpha value is -3.93. The van der Waals surface area contributed by atoms with Gasteiger partial charge in [-0.3, -0.25) is 15.2 Å². The number of rotatable bonds is 7. The molecular weight excluding hydrogens is 416 g/mol. The molecule has 0 bridgehead atoms. The highest BCUT2D eigenvalue weighted by atomic mass is 16.1. The predicted octanol–water partition coefficient (Wildman–Crippen LogP) is 3.56. The van der Waals surface area contributed by atoms with Gasteiger partial charge in [0.2, 0.25) is 0 Å². The van der Waals surface area contributed by atoms with Crippen LogP contribution in [0.2, 0.25) is 0 Å². The van der Waals surface area contributed by atoms with Gasteiger partial charge in [-0.2, -0.15) is 5.26 Å². The molecule has 33 heavy (non-hydrogen) atoms. The minimum absolute atomic E-state index is 0.0271. The third-order valence-electron chi connectivity index (χ3n) is 6.50. The summed E-state index contributed by atoms with van der Waals surface area (Å²) < 4.78 is 0. The summed E-state index contributed by atoms with van der Waals surface area (Å²) in [6.45, 7) is 1.94. The van der Waals surface area contributed by atoms with Crippen molar-refractivity contribution in [2.75, 3.05) is 5.32 Å². The molecule has 2 aliphatic rings. The summed E-state index contributed by atoms with van der Waals surface area (Å²) in [5.41, 5.74) is 1.07. The van der Waals surface area contributed by atoms with Crippen molar-refractivity contribution in [2.45, 2.75) is 56.4 Å². The molecule has 3 aromatic heterocycles. The smallest absolute Gasteiger partial charge is 0.263 e. The maximum absolute atomic E-state index is 12.9. The molecule has 0 amide bonds. The van der Waals surface area contributed by atoms with Crippen LogP contribution in [0, 0.1) is 16.7 Å². The molecule has 0 aromatic carbocycles. The molecular formula is C24H24N8O. The number of hydrogen-bond acceptors (Lipinski definition) is 8. The molecule has 9 nitrogen and oxygen atoms in total. The summed E-state index contributed by atoms with van der Waals surface area (Å²) >= 11 is 0. The van der Waals surface area contributed by atoms with Crippen LogP contribution in [0.15, 0.2) is 41.6 Å². The largest absolute Gasteiger partial charge is 0.363 e. The van der Waals surface area contributed by atoms with Crippen LogP contribution < -0.4 is 10.9 Å². The van der Waals surface area contributed by atoms with Gasteiger partial charge in [0.05, 0.1) is 6.04 Å². The molecule has 0 aliphatic heterocycles. The number of nitriles is 1. The van der Waals surface area contributed by atoms with Crippen molar-refractivity contribution in [3.05, 3.63) is 75.6 Å². The summed E-state index contributed by atoms with van der Waals surface area (Å²) in [6, 6.07) is 7.39. The van der Waals surface area contributed by atoms with Crippen LogP contribution in [-0.4, -0.2) is 30.6 Å². The average molecular weight is 441 g/mol. The lowest BCUT2D eigenvalue weighted by molar-refractivity contribution is 0.318. The SMILES string of the molecule is CC(Nc1nc(C2CCC2c2ncccn2)[nH]c(=O)c1C(=N)C#N)c1ccc(C2CC2)nc1. The number of aromatic amines is 1. The van der Waals surface area contributed by atoms with Crippen LogP contribution in [0.5, 0.6) is 0 Å². The van der Waals surface area contributed by atoms with Crippen molar-refractivity contribution in [1.29, 1.82) is 10.7 Å². The van der Waals surface area contributed by atoms with Crippen molar-refractivity contribution < 1.29 is 0 Å². The lowest BCUT2D eigenvalue weighted by atomic mass is 9.72. The maximum Gasteiger partial charge on any atom is 0.263 e. The molecule has 0 spiro atoms. The molecule has 3 unspecified atom stereocenters. The van der Waals surface area contributed by atoms with Crippen LogP contribution in [-0.2, 0) is 0 Å². The minimum atomic E-state index is -0.497.